The van der Waals surface area contributed by atoms with E-state index < -0.39 is 6.10 Å². The van der Waals surface area contributed by atoms with Crippen molar-refractivity contribution in [2.24, 2.45) is 0 Å². The summed E-state index contributed by atoms with van der Waals surface area (Å²) in [5.41, 5.74) is 4.39. The molecule has 0 spiro atoms. The van der Waals surface area contributed by atoms with Gasteiger partial charge in [0.25, 0.3) is 0 Å². The number of rotatable bonds is 14. The first-order valence-electron chi connectivity index (χ1n) is 14.1. The summed E-state index contributed by atoms with van der Waals surface area (Å²) in [7, 11) is 0. The summed E-state index contributed by atoms with van der Waals surface area (Å²) in [6.45, 7) is 2.18. The topological polar surface area (TPSA) is 46.2 Å². The number of hydrogen-bond donors (Lipinski definition) is 0. The normalized spacial score (nSPS) is 22.4. The third-order valence-corrected chi connectivity index (χ3v) is 7.77. The zero-order valence-electron chi connectivity index (χ0n) is 23.1. The summed E-state index contributed by atoms with van der Waals surface area (Å²) in [6, 6.07) is 40.7. The van der Waals surface area contributed by atoms with Crippen LogP contribution in [-0.2, 0) is 50.1 Å². The molecule has 3 unspecified atom stereocenters. The fraction of sp³-hybridized carbons (Fsp3) is 0.314. The summed E-state index contributed by atoms with van der Waals surface area (Å²) < 4.78 is 32.8. The molecule has 0 saturated carbocycles. The maximum Gasteiger partial charge on any atom is 0.115 e. The average molecular weight is 618 g/mol. The van der Waals surface area contributed by atoms with Crippen molar-refractivity contribution in [3.05, 3.63) is 144 Å². The lowest BCUT2D eigenvalue weighted by Crippen LogP contribution is -2.61. The van der Waals surface area contributed by atoms with Gasteiger partial charge in [-0.05, 0) is 22.3 Å². The van der Waals surface area contributed by atoms with Gasteiger partial charge in [0.2, 0.25) is 0 Å². The molecular formula is C35H37BrO5. The van der Waals surface area contributed by atoms with Crippen molar-refractivity contribution < 1.29 is 23.7 Å². The van der Waals surface area contributed by atoms with Crippen LogP contribution in [0.3, 0.4) is 0 Å². The minimum atomic E-state index is -0.411. The van der Waals surface area contributed by atoms with Crippen LogP contribution in [0.5, 0.6) is 0 Å². The van der Waals surface area contributed by atoms with Crippen molar-refractivity contribution in [1.82, 2.24) is 0 Å². The first-order valence-corrected chi connectivity index (χ1v) is 15.2. The summed E-state index contributed by atoms with van der Waals surface area (Å²) >= 11 is 3.69. The Hall–Kier alpha value is -2.84. The number of halogens is 1. The summed E-state index contributed by atoms with van der Waals surface area (Å²) in [5.74, 6) is 0. The van der Waals surface area contributed by atoms with Crippen LogP contribution in [-0.4, -0.2) is 42.5 Å². The van der Waals surface area contributed by atoms with Gasteiger partial charge in [0.15, 0.2) is 0 Å². The third-order valence-electron chi connectivity index (χ3n) is 7.13. The first-order chi connectivity index (χ1) is 20.3. The molecule has 0 N–H and O–H groups in total. The van der Waals surface area contributed by atoms with Gasteiger partial charge in [0.05, 0.1) is 39.1 Å². The van der Waals surface area contributed by atoms with E-state index in [0.29, 0.717) is 38.4 Å². The van der Waals surface area contributed by atoms with E-state index >= 15 is 0 Å². The number of ether oxygens (including phenoxy) is 5. The van der Waals surface area contributed by atoms with Crippen LogP contribution in [0.2, 0.25) is 0 Å². The van der Waals surface area contributed by atoms with Crippen LogP contribution in [0.1, 0.15) is 22.3 Å². The van der Waals surface area contributed by atoms with E-state index in [2.05, 4.69) is 64.5 Å². The quantitative estimate of drug-likeness (QED) is 0.141. The second-order valence-corrected chi connectivity index (χ2v) is 10.8. The lowest BCUT2D eigenvalue weighted by molar-refractivity contribution is -0.267. The predicted molar refractivity (Wildman–Crippen MR) is 164 cm³/mol. The Balaban J connectivity index is 1.38. The van der Waals surface area contributed by atoms with Crippen molar-refractivity contribution in [1.29, 1.82) is 0 Å². The van der Waals surface area contributed by atoms with E-state index in [4.69, 9.17) is 23.7 Å². The van der Waals surface area contributed by atoms with Crippen LogP contribution in [0, 0.1) is 0 Å². The molecule has 1 fully saturated rings. The Morgan fingerprint density at radius 3 is 1.24 bits per heavy atom. The van der Waals surface area contributed by atoms with Crippen molar-refractivity contribution in [3.8, 4) is 0 Å². The van der Waals surface area contributed by atoms with Gasteiger partial charge >= 0.3 is 0 Å². The predicted octanol–water partition coefficient (Wildman–Crippen LogP) is 7.12. The number of benzene rings is 4. The van der Waals surface area contributed by atoms with Crippen LogP contribution in [0.15, 0.2) is 121 Å². The number of hydrogen-bond acceptors (Lipinski definition) is 5. The highest BCUT2D eigenvalue weighted by Gasteiger charge is 2.48. The van der Waals surface area contributed by atoms with Gasteiger partial charge in [-0.25, -0.2) is 0 Å². The molecule has 4 aromatic carbocycles. The summed E-state index contributed by atoms with van der Waals surface area (Å²) in [4.78, 5) is 0. The SMILES string of the molecule is BrC[C@H]1OC(COCc2ccccc2)[C@@H](OCc2ccccc2)C(OCc2ccccc2)C1OCc1ccccc1. The largest absolute Gasteiger partial charge is 0.374 e. The van der Waals surface area contributed by atoms with Gasteiger partial charge in [-0.1, -0.05) is 137 Å². The second-order valence-electron chi connectivity index (χ2n) is 10.2. The van der Waals surface area contributed by atoms with Crippen LogP contribution < -0.4 is 0 Å². The Kier molecular flexibility index (Phi) is 11.5. The van der Waals surface area contributed by atoms with Crippen molar-refractivity contribution in [2.45, 2.75) is 56.9 Å². The lowest BCUT2D eigenvalue weighted by Gasteiger charge is -2.46. The molecule has 5 atom stereocenters. The molecule has 0 amide bonds. The van der Waals surface area contributed by atoms with E-state index in [1.165, 1.54) is 0 Å². The molecule has 41 heavy (non-hydrogen) atoms. The van der Waals surface area contributed by atoms with Crippen LogP contribution in [0.4, 0.5) is 0 Å². The van der Waals surface area contributed by atoms with Gasteiger partial charge in [0, 0.05) is 5.33 Å². The van der Waals surface area contributed by atoms with Crippen molar-refractivity contribution >= 4 is 15.9 Å². The van der Waals surface area contributed by atoms with Crippen LogP contribution in [0.25, 0.3) is 0 Å². The molecule has 0 aliphatic carbocycles. The molecule has 214 valence electrons. The molecule has 1 aliphatic heterocycles. The van der Waals surface area contributed by atoms with Crippen molar-refractivity contribution in [2.75, 3.05) is 11.9 Å². The fourth-order valence-corrected chi connectivity index (χ4v) is 5.53. The average Bonchev–Trinajstić information content (AvgIpc) is 3.04. The number of alkyl halides is 1. The highest BCUT2D eigenvalue weighted by atomic mass is 79.9. The Morgan fingerprint density at radius 2 is 0.829 bits per heavy atom. The van der Waals surface area contributed by atoms with Gasteiger partial charge in [-0.15, -0.1) is 0 Å². The van der Waals surface area contributed by atoms with Crippen molar-refractivity contribution in [3.63, 3.8) is 0 Å². The monoisotopic (exact) mass is 616 g/mol. The van der Waals surface area contributed by atoms with E-state index in [1.54, 1.807) is 0 Å². The molecular weight excluding hydrogens is 580 g/mol. The smallest absolute Gasteiger partial charge is 0.115 e. The maximum absolute atomic E-state index is 6.69. The van der Waals surface area contributed by atoms with E-state index in [1.807, 2.05) is 72.8 Å². The van der Waals surface area contributed by atoms with Gasteiger partial charge < -0.3 is 23.7 Å². The molecule has 5 rings (SSSR count). The fourth-order valence-electron chi connectivity index (χ4n) is 5.01. The maximum atomic E-state index is 6.69. The Labute approximate surface area is 251 Å². The molecule has 1 aliphatic rings. The van der Waals surface area contributed by atoms with E-state index in [9.17, 15) is 0 Å². The highest BCUT2D eigenvalue weighted by Crippen LogP contribution is 2.31. The molecule has 0 aromatic heterocycles. The zero-order chi connectivity index (χ0) is 28.1. The Bertz CT molecular complexity index is 1260. The molecule has 4 aromatic rings. The zero-order valence-corrected chi connectivity index (χ0v) is 24.7. The second kappa shape index (κ2) is 16.0. The molecule has 1 saturated heterocycles. The minimum Gasteiger partial charge on any atom is -0.374 e. The molecule has 5 nitrogen and oxygen atoms in total. The molecule has 6 heteroatoms. The summed E-state index contributed by atoms with van der Waals surface area (Å²) in [6.07, 6.45) is -1.75. The first kappa shape index (κ1) is 29.6. The third kappa shape index (κ3) is 8.82. The van der Waals surface area contributed by atoms with E-state index in [-0.39, 0.29) is 24.4 Å². The van der Waals surface area contributed by atoms with Gasteiger partial charge in [-0.3, -0.25) is 0 Å². The van der Waals surface area contributed by atoms with Gasteiger partial charge in [0.1, 0.15) is 24.4 Å². The highest BCUT2D eigenvalue weighted by molar-refractivity contribution is 9.09. The van der Waals surface area contributed by atoms with E-state index in [0.717, 1.165) is 22.3 Å². The lowest BCUT2D eigenvalue weighted by atomic mass is 9.94. The molecule has 0 bridgehead atoms. The molecule has 0 radical (unpaired) electrons. The Morgan fingerprint density at radius 1 is 0.463 bits per heavy atom. The summed E-state index contributed by atoms with van der Waals surface area (Å²) in [5, 5.41) is 0.595. The minimum absolute atomic E-state index is 0.249. The van der Waals surface area contributed by atoms with Gasteiger partial charge in [-0.2, -0.15) is 0 Å². The van der Waals surface area contributed by atoms with Crippen LogP contribution >= 0.6 is 15.9 Å². The standard InChI is InChI=1S/C35H37BrO5/c36-21-31-33(38-23-28-15-7-2-8-16-28)35(40-25-30-19-11-4-12-20-30)34(39-24-29-17-9-3-10-18-29)32(41-31)26-37-22-27-13-5-1-6-14-27/h1-20,31-35H,21-26H2/t31-,32?,33?,34-,35?/m1/s1. The molecule has 1 heterocycles.